The fraction of sp³-hybridized carbons (Fsp3) is 0.500. The Kier molecular flexibility index (Phi) is 5.62. The van der Waals surface area contributed by atoms with Gasteiger partial charge in [-0.3, -0.25) is 0 Å². The zero-order valence-corrected chi connectivity index (χ0v) is 14.1. The van der Waals surface area contributed by atoms with E-state index in [4.69, 9.17) is 26.4 Å². The number of ether oxygens (including phenoxy) is 4. The molecular formula is C16H20N2O5S. The summed E-state index contributed by atoms with van der Waals surface area (Å²) in [5.74, 6) is -0.417. The van der Waals surface area contributed by atoms with E-state index in [-0.39, 0.29) is 31.0 Å². The zero-order valence-electron chi connectivity index (χ0n) is 13.3. The van der Waals surface area contributed by atoms with Crippen molar-refractivity contribution < 1.29 is 23.7 Å². The van der Waals surface area contributed by atoms with E-state index in [0.717, 1.165) is 5.69 Å². The molecule has 0 aliphatic carbocycles. The van der Waals surface area contributed by atoms with Gasteiger partial charge in [-0.15, -0.1) is 0 Å². The average molecular weight is 352 g/mol. The summed E-state index contributed by atoms with van der Waals surface area (Å²) < 4.78 is 21.6. The summed E-state index contributed by atoms with van der Waals surface area (Å²) in [7, 11) is 1.33. The highest BCUT2D eigenvalue weighted by Crippen LogP contribution is 2.29. The smallest absolute Gasteiger partial charge is 0.331 e. The largest absolute Gasteiger partial charge is 0.467 e. The van der Waals surface area contributed by atoms with Gasteiger partial charge in [0.05, 0.1) is 26.4 Å². The highest BCUT2D eigenvalue weighted by Gasteiger charge is 2.48. The summed E-state index contributed by atoms with van der Waals surface area (Å²) in [6.07, 6.45) is -0.661. The van der Waals surface area contributed by atoms with Crippen LogP contribution in [0.1, 0.15) is 0 Å². The number of hydrogen-bond acceptors (Lipinski definition) is 6. The van der Waals surface area contributed by atoms with Crippen LogP contribution in [0.4, 0.5) is 5.69 Å². The Bertz CT molecular complexity index is 585. The minimum atomic E-state index is -0.417. The van der Waals surface area contributed by atoms with E-state index in [0.29, 0.717) is 18.3 Å². The average Bonchev–Trinajstić information content (AvgIpc) is 3.16. The van der Waals surface area contributed by atoms with Gasteiger partial charge >= 0.3 is 5.97 Å². The van der Waals surface area contributed by atoms with Crippen LogP contribution in [-0.2, 0) is 23.7 Å². The van der Waals surface area contributed by atoms with Gasteiger partial charge in [0.2, 0.25) is 0 Å². The lowest BCUT2D eigenvalue weighted by Gasteiger charge is -2.19. The van der Waals surface area contributed by atoms with Crippen molar-refractivity contribution >= 4 is 29.0 Å². The Hall–Kier alpha value is -1.74. The molecule has 2 fully saturated rings. The van der Waals surface area contributed by atoms with Crippen LogP contribution < -0.4 is 10.6 Å². The van der Waals surface area contributed by atoms with E-state index in [9.17, 15) is 4.79 Å². The predicted octanol–water partition coefficient (Wildman–Crippen LogP) is 0.697. The molecule has 2 aliphatic heterocycles. The molecule has 0 aromatic heterocycles. The maximum absolute atomic E-state index is 11.2. The zero-order chi connectivity index (χ0) is 16.9. The summed E-state index contributed by atoms with van der Waals surface area (Å²) in [6.45, 7) is 0.733. The van der Waals surface area contributed by atoms with Gasteiger partial charge in [-0.25, -0.2) is 4.79 Å². The molecule has 7 nitrogen and oxygen atoms in total. The van der Waals surface area contributed by atoms with Crippen LogP contribution in [-0.4, -0.2) is 62.4 Å². The summed E-state index contributed by atoms with van der Waals surface area (Å²) >= 11 is 5.34. The van der Waals surface area contributed by atoms with Gasteiger partial charge in [0.1, 0.15) is 24.9 Å². The lowest BCUT2D eigenvalue weighted by molar-refractivity contribution is -0.150. The van der Waals surface area contributed by atoms with Crippen molar-refractivity contribution in [1.29, 1.82) is 0 Å². The second-order valence-electron chi connectivity index (χ2n) is 5.59. The van der Waals surface area contributed by atoms with Crippen molar-refractivity contribution in [2.75, 3.05) is 32.2 Å². The summed E-state index contributed by atoms with van der Waals surface area (Å²) in [5.41, 5.74) is 0.914. The van der Waals surface area contributed by atoms with Gasteiger partial charge < -0.3 is 29.6 Å². The number of rotatable bonds is 5. The van der Waals surface area contributed by atoms with Crippen LogP contribution in [0.5, 0.6) is 0 Å². The molecule has 1 aromatic carbocycles. The van der Waals surface area contributed by atoms with E-state index >= 15 is 0 Å². The molecule has 2 heterocycles. The Morgan fingerprint density at radius 3 is 2.75 bits per heavy atom. The molecule has 1 aromatic rings. The van der Waals surface area contributed by atoms with Crippen LogP contribution >= 0.6 is 12.2 Å². The SMILES string of the molecule is COC(=O)CO[C@H]1CO[C@@H]2[C@@H]1OC[C@@H]2NC(=S)Nc1ccccc1. The summed E-state index contributed by atoms with van der Waals surface area (Å²) in [4.78, 5) is 11.2. The van der Waals surface area contributed by atoms with Crippen molar-refractivity contribution in [2.45, 2.75) is 24.4 Å². The van der Waals surface area contributed by atoms with E-state index < -0.39 is 5.97 Å². The van der Waals surface area contributed by atoms with Gasteiger partial charge in [-0.05, 0) is 24.4 Å². The van der Waals surface area contributed by atoms with Gasteiger partial charge in [-0.2, -0.15) is 0 Å². The Labute approximate surface area is 145 Å². The van der Waals surface area contributed by atoms with Crippen LogP contribution in [0.2, 0.25) is 0 Å². The Morgan fingerprint density at radius 1 is 1.25 bits per heavy atom. The first-order valence-corrected chi connectivity index (χ1v) is 8.12. The maximum Gasteiger partial charge on any atom is 0.331 e. The van der Waals surface area contributed by atoms with Crippen LogP contribution in [0.25, 0.3) is 0 Å². The van der Waals surface area contributed by atoms with E-state index in [1.54, 1.807) is 0 Å². The maximum atomic E-state index is 11.2. The molecule has 2 N–H and O–H groups in total. The van der Waals surface area contributed by atoms with Crippen molar-refractivity contribution in [3.05, 3.63) is 30.3 Å². The van der Waals surface area contributed by atoms with E-state index in [2.05, 4.69) is 15.4 Å². The highest BCUT2D eigenvalue weighted by molar-refractivity contribution is 7.80. The number of nitrogens with one attached hydrogen (secondary N) is 2. The number of hydrogen-bond donors (Lipinski definition) is 2. The number of esters is 1. The second kappa shape index (κ2) is 7.89. The number of methoxy groups -OCH3 is 1. The first kappa shape index (κ1) is 17.1. The third-order valence-corrected chi connectivity index (χ3v) is 4.22. The van der Waals surface area contributed by atoms with Crippen LogP contribution in [0.15, 0.2) is 30.3 Å². The Morgan fingerprint density at radius 2 is 2.00 bits per heavy atom. The molecule has 0 bridgehead atoms. The molecule has 24 heavy (non-hydrogen) atoms. The lowest BCUT2D eigenvalue weighted by Crippen LogP contribution is -2.46. The monoisotopic (exact) mass is 352 g/mol. The normalized spacial score (nSPS) is 28.2. The fourth-order valence-electron chi connectivity index (χ4n) is 2.82. The van der Waals surface area contributed by atoms with Gasteiger partial charge in [0.25, 0.3) is 0 Å². The van der Waals surface area contributed by atoms with E-state index in [1.165, 1.54) is 7.11 Å². The number of anilines is 1. The van der Waals surface area contributed by atoms with Gasteiger partial charge in [-0.1, -0.05) is 18.2 Å². The summed E-state index contributed by atoms with van der Waals surface area (Å²) in [6, 6.07) is 9.62. The molecule has 0 amide bonds. The van der Waals surface area contributed by atoms with Gasteiger partial charge in [0.15, 0.2) is 5.11 Å². The molecule has 0 spiro atoms. The van der Waals surface area contributed by atoms with Gasteiger partial charge in [0, 0.05) is 5.69 Å². The molecule has 8 heteroatoms. The number of carbonyl (C=O) groups is 1. The number of benzene rings is 1. The minimum absolute atomic E-state index is 0.0644. The molecule has 0 radical (unpaired) electrons. The topological polar surface area (TPSA) is 78.1 Å². The van der Waals surface area contributed by atoms with Crippen molar-refractivity contribution in [2.24, 2.45) is 0 Å². The van der Waals surface area contributed by atoms with E-state index in [1.807, 2.05) is 30.3 Å². The van der Waals surface area contributed by atoms with Crippen molar-refractivity contribution in [3.8, 4) is 0 Å². The molecule has 0 saturated carbocycles. The quantitative estimate of drug-likeness (QED) is 0.592. The molecule has 2 saturated heterocycles. The van der Waals surface area contributed by atoms with Crippen molar-refractivity contribution in [1.82, 2.24) is 5.32 Å². The first-order valence-electron chi connectivity index (χ1n) is 7.71. The fourth-order valence-corrected chi connectivity index (χ4v) is 3.09. The first-order chi connectivity index (χ1) is 11.7. The number of para-hydroxylation sites is 1. The Balaban J connectivity index is 1.49. The van der Waals surface area contributed by atoms with Crippen molar-refractivity contribution in [3.63, 3.8) is 0 Å². The lowest BCUT2D eigenvalue weighted by atomic mass is 10.1. The molecule has 3 rings (SSSR count). The molecular weight excluding hydrogens is 332 g/mol. The number of carbonyl (C=O) groups excluding carboxylic acids is 1. The molecule has 4 atom stereocenters. The third-order valence-electron chi connectivity index (χ3n) is 4.00. The molecule has 0 unspecified atom stereocenters. The number of thiocarbonyl (C=S) groups is 1. The predicted molar refractivity (Wildman–Crippen MR) is 90.8 cm³/mol. The molecule has 130 valence electrons. The third kappa shape index (κ3) is 4.02. The summed E-state index contributed by atoms with van der Waals surface area (Å²) in [5, 5.41) is 6.85. The highest BCUT2D eigenvalue weighted by atomic mass is 32.1. The minimum Gasteiger partial charge on any atom is -0.467 e. The standard InChI is InChI=1S/C16H20N2O5S/c1-20-13(19)9-21-12-8-23-14-11(7-22-15(12)14)18-16(24)17-10-5-3-2-4-6-10/h2-6,11-12,14-15H,7-9H2,1H3,(H2,17,18,24)/t11-,12-,14-,15+/m0/s1. The number of fused-ring (bicyclic) bond motifs is 1. The van der Waals surface area contributed by atoms with Crippen LogP contribution in [0, 0.1) is 0 Å². The second-order valence-corrected chi connectivity index (χ2v) is 6.00. The molecule has 2 aliphatic rings. The van der Waals surface area contributed by atoms with Crippen LogP contribution in [0.3, 0.4) is 0 Å².